The Morgan fingerprint density at radius 1 is 1.50 bits per heavy atom. The molecule has 0 aromatic carbocycles. The molecular formula is C16H24N4O2. The van der Waals surface area contributed by atoms with Gasteiger partial charge in [-0.15, -0.1) is 0 Å². The van der Waals surface area contributed by atoms with Gasteiger partial charge in [0.15, 0.2) is 5.96 Å². The van der Waals surface area contributed by atoms with Crippen LogP contribution in [0.3, 0.4) is 0 Å². The van der Waals surface area contributed by atoms with Gasteiger partial charge in [-0.2, -0.15) is 0 Å². The molecule has 0 amide bonds. The normalized spacial score (nSPS) is 27.0. The van der Waals surface area contributed by atoms with E-state index in [9.17, 15) is 0 Å². The maximum atomic E-state index is 5.87. The summed E-state index contributed by atoms with van der Waals surface area (Å²) in [6, 6.07) is 4.29. The molecule has 1 aromatic rings. The fraction of sp³-hybridized carbons (Fsp3) is 0.625. The fourth-order valence-electron chi connectivity index (χ4n) is 3.16. The Hall–Kier alpha value is -1.82. The molecule has 3 atom stereocenters. The first-order chi connectivity index (χ1) is 10.8. The van der Waals surface area contributed by atoms with E-state index in [1.165, 1.54) is 6.42 Å². The lowest BCUT2D eigenvalue weighted by Gasteiger charge is -2.22. The van der Waals surface area contributed by atoms with Crippen molar-refractivity contribution in [3.05, 3.63) is 23.9 Å². The maximum absolute atomic E-state index is 5.87. The number of hydrogen-bond donors (Lipinski definition) is 2. The minimum atomic E-state index is 0.334. The van der Waals surface area contributed by atoms with Gasteiger partial charge >= 0.3 is 0 Å². The lowest BCUT2D eigenvalue weighted by atomic mass is 9.96. The summed E-state index contributed by atoms with van der Waals surface area (Å²) in [5.41, 5.74) is 1.02. The highest BCUT2D eigenvalue weighted by molar-refractivity contribution is 5.80. The standard InChI is InChI=1S/C16H24N4O2/c1-3-21-15-11(5-4-8-18-15)10-19-16(17-2)20-13-9-12-6-7-14(13)22-12/h4-5,8,12-14H,3,6-7,9-10H2,1-2H3,(H2,17,19,20). The SMILES string of the molecule is CCOc1ncccc1CNC(=NC)NC1CC2CCC1O2. The summed E-state index contributed by atoms with van der Waals surface area (Å²) >= 11 is 0. The van der Waals surface area contributed by atoms with Gasteiger partial charge in [0.05, 0.1) is 24.9 Å². The highest BCUT2D eigenvalue weighted by atomic mass is 16.5. The molecule has 0 spiro atoms. The van der Waals surface area contributed by atoms with Crippen LogP contribution in [0.2, 0.25) is 0 Å². The Morgan fingerprint density at radius 3 is 3.09 bits per heavy atom. The number of pyridine rings is 1. The second kappa shape index (κ2) is 6.96. The second-order valence-electron chi connectivity index (χ2n) is 5.69. The first-order valence-corrected chi connectivity index (χ1v) is 7.99. The minimum Gasteiger partial charge on any atom is -0.478 e. The highest BCUT2D eigenvalue weighted by Crippen LogP contribution is 2.34. The first-order valence-electron chi connectivity index (χ1n) is 7.99. The summed E-state index contributed by atoms with van der Waals surface area (Å²) < 4.78 is 11.4. The molecule has 0 saturated carbocycles. The van der Waals surface area contributed by atoms with Gasteiger partial charge in [0.1, 0.15) is 0 Å². The van der Waals surface area contributed by atoms with E-state index in [0.29, 0.717) is 37.3 Å². The smallest absolute Gasteiger partial charge is 0.218 e. The van der Waals surface area contributed by atoms with E-state index in [-0.39, 0.29) is 0 Å². The summed E-state index contributed by atoms with van der Waals surface area (Å²) in [6.45, 7) is 3.20. The lowest BCUT2D eigenvalue weighted by molar-refractivity contribution is 0.0992. The molecule has 2 N–H and O–H groups in total. The van der Waals surface area contributed by atoms with E-state index >= 15 is 0 Å². The first kappa shape index (κ1) is 15.1. The van der Waals surface area contributed by atoms with E-state index in [1.807, 2.05) is 19.1 Å². The zero-order chi connectivity index (χ0) is 15.4. The van der Waals surface area contributed by atoms with Gasteiger partial charge in [-0.05, 0) is 32.3 Å². The Kier molecular flexibility index (Phi) is 4.77. The molecule has 6 nitrogen and oxygen atoms in total. The third-order valence-electron chi connectivity index (χ3n) is 4.23. The molecule has 6 heteroatoms. The Bertz CT molecular complexity index is 535. The minimum absolute atomic E-state index is 0.334. The van der Waals surface area contributed by atoms with Crippen LogP contribution in [0.15, 0.2) is 23.3 Å². The van der Waals surface area contributed by atoms with E-state index in [4.69, 9.17) is 9.47 Å². The topological polar surface area (TPSA) is 67.8 Å². The monoisotopic (exact) mass is 304 g/mol. The molecule has 1 aromatic heterocycles. The van der Waals surface area contributed by atoms with Crippen molar-refractivity contribution in [2.45, 2.75) is 51.0 Å². The van der Waals surface area contributed by atoms with E-state index < -0.39 is 0 Å². The zero-order valence-electron chi connectivity index (χ0n) is 13.2. The Balaban J connectivity index is 1.55. The third-order valence-corrected chi connectivity index (χ3v) is 4.23. The van der Waals surface area contributed by atoms with E-state index in [2.05, 4.69) is 20.6 Å². The van der Waals surface area contributed by atoms with Gasteiger partial charge in [0.25, 0.3) is 0 Å². The molecular weight excluding hydrogens is 280 g/mol. The summed E-state index contributed by atoms with van der Waals surface area (Å²) in [4.78, 5) is 8.57. The molecule has 2 aliphatic heterocycles. The highest BCUT2D eigenvalue weighted by Gasteiger charge is 2.41. The summed E-state index contributed by atoms with van der Waals surface area (Å²) in [5.74, 6) is 1.48. The van der Waals surface area contributed by atoms with Crippen LogP contribution in [0.25, 0.3) is 0 Å². The summed E-state index contributed by atoms with van der Waals surface area (Å²) in [7, 11) is 1.79. The number of ether oxygens (including phenoxy) is 2. The molecule has 2 fully saturated rings. The van der Waals surface area contributed by atoms with Crippen LogP contribution < -0.4 is 15.4 Å². The van der Waals surface area contributed by atoms with Gasteiger partial charge in [0.2, 0.25) is 5.88 Å². The lowest BCUT2D eigenvalue weighted by Crippen LogP contribution is -2.47. The fourth-order valence-corrected chi connectivity index (χ4v) is 3.16. The third kappa shape index (κ3) is 3.32. The molecule has 2 bridgehead atoms. The van der Waals surface area contributed by atoms with Crippen molar-refractivity contribution < 1.29 is 9.47 Å². The van der Waals surface area contributed by atoms with Crippen LogP contribution in [0, 0.1) is 0 Å². The van der Waals surface area contributed by atoms with Crippen LogP contribution in [-0.2, 0) is 11.3 Å². The van der Waals surface area contributed by atoms with Crippen molar-refractivity contribution in [1.29, 1.82) is 0 Å². The number of fused-ring (bicyclic) bond motifs is 2. The molecule has 120 valence electrons. The van der Waals surface area contributed by atoms with Gasteiger partial charge in [-0.3, -0.25) is 4.99 Å². The number of guanidine groups is 1. The molecule has 3 rings (SSSR count). The van der Waals surface area contributed by atoms with E-state index in [1.54, 1.807) is 13.2 Å². The predicted molar refractivity (Wildman–Crippen MR) is 85.0 cm³/mol. The van der Waals surface area contributed by atoms with Crippen molar-refractivity contribution in [1.82, 2.24) is 15.6 Å². The zero-order valence-corrected chi connectivity index (χ0v) is 13.2. The van der Waals surface area contributed by atoms with Crippen molar-refractivity contribution in [2.75, 3.05) is 13.7 Å². The molecule has 3 heterocycles. The van der Waals surface area contributed by atoms with Crippen molar-refractivity contribution >= 4 is 5.96 Å². The molecule has 0 aliphatic carbocycles. The summed E-state index contributed by atoms with van der Waals surface area (Å²) in [5, 5.41) is 6.81. The van der Waals surface area contributed by atoms with Gasteiger partial charge < -0.3 is 20.1 Å². The van der Waals surface area contributed by atoms with E-state index in [0.717, 1.165) is 24.4 Å². The van der Waals surface area contributed by atoms with Crippen LogP contribution in [0.4, 0.5) is 0 Å². The molecule has 22 heavy (non-hydrogen) atoms. The van der Waals surface area contributed by atoms with Crippen molar-refractivity contribution in [3.8, 4) is 5.88 Å². The van der Waals surface area contributed by atoms with Gasteiger partial charge in [-0.25, -0.2) is 4.98 Å². The molecule has 2 aliphatic rings. The number of aromatic nitrogens is 1. The van der Waals surface area contributed by atoms with Crippen LogP contribution >= 0.6 is 0 Å². The quantitative estimate of drug-likeness (QED) is 0.637. The Morgan fingerprint density at radius 2 is 2.41 bits per heavy atom. The number of nitrogens with one attached hydrogen (secondary N) is 2. The predicted octanol–water partition coefficient (Wildman–Crippen LogP) is 1.47. The van der Waals surface area contributed by atoms with Crippen LogP contribution in [-0.4, -0.2) is 42.8 Å². The van der Waals surface area contributed by atoms with Crippen LogP contribution in [0.1, 0.15) is 31.7 Å². The van der Waals surface area contributed by atoms with Gasteiger partial charge in [0, 0.05) is 25.4 Å². The molecule has 3 unspecified atom stereocenters. The van der Waals surface area contributed by atoms with Crippen molar-refractivity contribution in [3.63, 3.8) is 0 Å². The average Bonchev–Trinajstić information content (AvgIpc) is 3.15. The van der Waals surface area contributed by atoms with Gasteiger partial charge in [-0.1, -0.05) is 6.07 Å². The average molecular weight is 304 g/mol. The summed E-state index contributed by atoms with van der Waals surface area (Å²) in [6.07, 6.45) is 5.93. The number of hydrogen-bond acceptors (Lipinski definition) is 4. The second-order valence-corrected chi connectivity index (χ2v) is 5.69. The Labute approximate surface area is 131 Å². The molecule has 2 saturated heterocycles. The maximum Gasteiger partial charge on any atom is 0.218 e. The van der Waals surface area contributed by atoms with Crippen LogP contribution in [0.5, 0.6) is 5.88 Å². The largest absolute Gasteiger partial charge is 0.478 e. The number of rotatable bonds is 5. The number of aliphatic imine (C=N–C) groups is 1. The number of nitrogens with zero attached hydrogens (tertiary/aromatic N) is 2. The van der Waals surface area contributed by atoms with Crippen molar-refractivity contribution in [2.24, 2.45) is 4.99 Å². The molecule has 0 radical (unpaired) electrons.